The molecule has 0 aliphatic heterocycles. The lowest BCUT2D eigenvalue weighted by atomic mass is 9.68. The van der Waals surface area contributed by atoms with Crippen molar-refractivity contribution in [3.8, 4) is 0 Å². The smallest absolute Gasteiger partial charge is 0.237 e. The number of rotatable bonds is 8. The predicted octanol–water partition coefficient (Wildman–Crippen LogP) is 4.88. The summed E-state index contributed by atoms with van der Waals surface area (Å²) in [5.41, 5.74) is 6.75. The van der Waals surface area contributed by atoms with Gasteiger partial charge < -0.3 is 11.1 Å². The van der Waals surface area contributed by atoms with Gasteiger partial charge in [0.05, 0.1) is 12.1 Å². The van der Waals surface area contributed by atoms with Gasteiger partial charge in [0.1, 0.15) is 5.78 Å². The van der Waals surface area contributed by atoms with Crippen molar-refractivity contribution in [3.05, 3.63) is 35.9 Å². The fourth-order valence-corrected chi connectivity index (χ4v) is 4.36. The van der Waals surface area contributed by atoms with E-state index in [1.165, 1.54) is 6.42 Å². The Labute approximate surface area is 171 Å². The molecule has 0 aromatic heterocycles. The molecule has 1 fully saturated rings. The summed E-state index contributed by atoms with van der Waals surface area (Å²) < 4.78 is 0. The van der Waals surface area contributed by atoms with Crippen LogP contribution in [-0.4, -0.2) is 17.7 Å². The Kier molecular flexibility index (Phi) is 9.88. The van der Waals surface area contributed by atoms with Gasteiger partial charge in [0.25, 0.3) is 0 Å². The van der Waals surface area contributed by atoms with Gasteiger partial charge in [-0.3, -0.25) is 9.59 Å². The first-order valence-corrected chi connectivity index (χ1v) is 10.4. The van der Waals surface area contributed by atoms with Gasteiger partial charge in [-0.2, -0.15) is 0 Å². The Morgan fingerprint density at radius 1 is 1.14 bits per heavy atom. The molecule has 1 amide bonds. The predicted molar refractivity (Wildman–Crippen MR) is 117 cm³/mol. The van der Waals surface area contributed by atoms with E-state index in [1.54, 1.807) is 6.92 Å². The molecule has 1 saturated carbocycles. The van der Waals surface area contributed by atoms with Crippen LogP contribution >= 0.6 is 0 Å². The van der Waals surface area contributed by atoms with Gasteiger partial charge in [-0.15, -0.1) is 0 Å². The first-order chi connectivity index (χ1) is 12.8. The van der Waals surface area contributed by atoms with Gasteiger partial charge in [-0.25, -0.2) is 0 Å². The number of carbonyl (C=O) groups is 2. The quantitative estimate of drug-likeness (QED) is 0.666. The fraction of sp³-hybridized carbons (Fsp3) is 0.667. The molecule has 1 aliphatic rings. The average Bonchev–Trinajstić information content (AvgIpc) is 2.64. The van der Waals surface area contributed by atoms with Crippen LogP contribution in [0.1, 0.15) is 78.8 Å². The lowest BCUT2D eigenvalue weighted by molar-refractivity contribution is -0.128. The summed E-state index contributed by atoms with van der Waals surface area (Å²) in [6, 6.07) is 9.13. The van der Waals surface area contributed by atoms with Crippen LogP contribution in [0.2, 0.25) is 0 Å². The number of nitrogens with one attached hydrogen (secondary N) is 1. The molecule has 1 unspecified atom stereocenters. The molecule has 2 rings (SSSR count). The minimum absolute atomic E-state index is 0. The molecular weight excluding hydrogens is 348 g/mol. The molecule has 0 spiro atoms. The highest BCUT2D eigenvalue weighted by molar-refractivity contribution is 5.82. The summed E-state index contributed by atoms with van der Waals surface area (Å²) >= 11 is 0. The first kappa shape index (κ1) is 24.4. The van der Waals surface area contributed by atoms with E-state index in [1.807, 2.05) is 30.3 Å². The second-order valence-corrected chi connectivity index (χ2v) is 8.70. The fourth-order valence-electron chi connectivity index (χ4n) is 4.36. The number of Topliss-reactive ketones (excluding diaryl/α,β-unsaturated/α-hetero) is 1. The molecule has 1 aliphatic carbocycles. The highest BCUT2D eigenvalue weighted by Gasteiger charge is 2.35. The highest BCUT2D eigenvalue weighted by atomic mass is 16.2. The number of amides is 1. The van der Waals surface area contributed by atoms with E-state index in [4.69, 9.17) is 5.73 Å². The van der Waals surface area contributed by atoms with Crippen molar-refractivity contribution < 1.29 is 9.59 Å². The summed E-state index contributed by atoms with van der Waals surface area (Å²) in [6.45, 7) is 8.40. The Hall–Kier alpha value is -1.68. The minimum atomic E-state index is -0.559. The van der Waals surface area contributed by atoms with E-state index >= 15 is 0 Å². The molecule has 0 radical (unpaired) electrons. The van der Waals surface area contributed by atoms with E-state index < -0.39 is 6.04 Å². The standard InChI is InChI=1S/C23H36N2O2.CH4/c1-15(2)19-11-10-16(3)14-20(19)22(26)13-12-21(25-23(27)17(4)24)18-8-6-5-7-9-18;/h5-9,15-17,19-21H,10-14,24H2,1-4H3,(H,25,27);1H4/t16-,17-,19+,20-,21?;/m1./s1. The number of hydrogen-bond donors (Lipinski definition) is 2. The SMILES string of the molecule is C.CC(C)[C@@H]1CC[C@@H](C)C[C@H]1C(=O)CCC(NC(=O)[C@@H](C)N)c1ccccc1. The topological polar surface area (TPSA) is 72.2 Å². The van der Waals surface area contributed by atoms with Gasteiger partial charge in [-0.05, 0) is 49.5 Å². The third-order valence-electron chi connectivity index (χ3n) is 6.05. The van der Waals surface area contributed by atoms with Crippen molar-refractivity contribution in [2.24, 2.45) is 29.4 Å². The molecule has 0 bridgehead atoms. The minimum Gasteiger partial charge on any atom is -0.348 e. The number of benzene rings is 1. The Balaban J connectivity index is 0.00000392. The van der Waals surface area contributed by atoms with Gasteiger partial charge in [-0.1, -0.05) is 65.0 Å². The summed E-state index contributed by atoms with van der Waals surface area (Å²) in [5, 5.41) is 3.02. The van der Waals surface area contributed by atoms with E-state index in [-0.39, 0.29) is 25.3 Å². The number of carbonyl (C=O) groups excluding carboxylic acids is 2. The number of hydrogen-bond acceptors (Lipinski definition) is 3. The van der Waals surface area contributed by atoms with Crippen LogP contribution in [0.15, 0.2) is 30.3 Å². The first-order valence-electron chi connectivity index (χ1n) is 10.4. The van der Waals surface area contributed by atoms with Crippen molar-refractivity contribution in [3.63, 3.8) is 0 Å². The Bertz CT molecular complexity index is 612. The lowest BCUT2D eigenvalue weighted by Crippen LogP contribution is -2.40. The molecule has 0 heterocycles. The van der Waals surface area contributed by atoms with Gasteiger partial charge >= 0.3 is 0 Å². The third kappa shape index (κ3) is 6.73. The zero-order valence-corrected chi connectivity index (χ0v) is 17.3. The van der Waals surface area contributed by atoms with Crippen LogP contribution in [0, 0.1) is 23.7 Å². The molecular formula is C24H40N2O2. The average molecular weight is 389 g/mol. The second-order valence-electron chi connectivity index (χ2n) is 8.70. The maximum absolute atomic E-state index is 13.1. The number of ketones is 1. The van der Waals surface area contributed by atoms with Gasteiger partial charge in [0.15, 0.2) is 0 Å². The lowest BCUT2D eigenvalue weighted by Gasteiger charge is -2.36. The molecule has 4 heteroatoms. The molecule has 3 N–H and O–H groups in total. The van der Waals surface area contributed by atoms with Crippen LogP contribution in [-0.2, 0) is 9.59 Å². The van der Waals surface area contributed by atoms with Crippen LogP contribution < -0.4 is 11.1 Å². The second kappa shape index (κ2) is 11.4. The Morgan fingerprint density at radius 3 is 2.36 bits per heavy atom. The zero-order valence-electron chi connectivity index (χ0n) is 17.3. The van der Waals surface area contributed by atoms with Crippen LogP contribution in [0.25, 0.3) is 0 Å². The van der Waals surface area contributed by atoms with Crippen molar-refractivity contribution in [1.82, 2.24) is 5.32 Å². The number of nitrogens with two attached hydrogens (primary N) is 1. The van der Waals surface area contributed by atoms with E-state index in [0.717, 1.165) is 18.4 Å². The summed E-state index contributed by atoms with van der Waals surface area (Å²) in [5.74, 6) is 1.99. The molecule has 28 heavy (non-hydrogen) atoms. The highest BCUT2D eigenvalue weighted by Crippen LogP contribution is 2.39. The van der Waals surface area contributed by atoms with Crippen LogP contribution in [0.4, 0.5) is 0 Å². The summed E-state index contributed by atoms with van der Waals surface area (Å²) in [4.78, 5) is 25.2. The largest absolute Gasteiger partial charge is 0.348 e. The maximum atomic E-state index is 13.1. The van der Waals surface area contributed by atoms with Crippen molar-refractivity contribution in [2.45, 2.75) is 79.3 Å². The van der Waals surface area contributed by atoms with Gasteiger partial charge in [0, 0.05) is 12.3 Å². The van der Waals surface area contributed by atoms with E-state index in [9.17, 15) is 9.59 Å². The normalized spacial score (nSPS) is 24.1. The summed E-state index contributed by atoms with van der Waals surface area (Å²) in [7, 11) is 0. The molecule has 1 aromatic rings. The summed E-state index contributed by atoms with van der Waals surface area (Å²) in [6.07, 6.45) is 4.50. The third-order valence-corrected chi connectivity index (χ3v) is 6.05. The molecule has 4 nitrogen and oxygen atoms in total. The maximum Gasteiger partial charge on any atom is 0.237 e. The molecule has 1 aromatic carbocycles. The van der Waals surface area contributed by atoms with Crippen LogP contribution in [0.5, 0.6) is 0 Å². The van der Waals surface area contributed by atoms with Gasteiger partial charge in [0.2, 0.25) is 5.91 Å². The Morgan fingerprint density at radius 2 is 1.79 bits per heavy atom. The molecule has 0 saturated heterocycles. The van der Waals surface area contributed by atoms with E-state index in [0.29, 0.717) is 36.4 Å². The zero-order chi connectivity index (χ0) is 20.0. The molecule has 5 atom stereocenters. The van der Waals surface area contributed by atoms with Crippen LogP contribution in [0.3, 0.4) is 0 Å². The monoisotopic (exact) mass is 388 g/mol. The van der Waals surface area contributed by atoms with E-state index in [2.05, 4.69) is 26.1 Å². The van der Waals surface area contributed by atoms with Crippen molar-refractivity contribution in [2.75, 3.05) is 0 Å². The molecule has 158 valence electrons. The van der Waals surface area contributed by atoms with Crippen molar-refractivity contribution in [1.29, 1.82) is 0 Å². The van der Waals surface area contributed by atoms with Crippen molar-refractivity contribution >= 4 is 11.7 Å².